The molecule has 1 N–H and O–H groups in total. The molecule has 0 aliphatic carbocycles. The lowest BCUT2D eigenvalue weighted by Gasteiger charge is -2.41. The molecule has 1 amide bonds. The minimum absolute atomic E-state index is 0. The number of aryl methyl sites for hydroxylation is 1. The smallest absolute Gasteiger partial charge is 0.263 e. The van der Waals surface area contributed by atoms with Gasteiger partial charge < -0.3 is 14.7 Å². The van der Waals surface area contributed by atoms with Crippen LogP contribution in [-0.4, -0.2) is 63.0 Å². The molecule has 2 aliphatic heterocycles. The fourth-order valence-electron chi connectivity index (χ4n) is 4.86. The van der Waals surface area contributed by atoms with E-state index in [-0.39, 0.29) is 18.3 Å². The molecule has 3 aromatic rings. The molecule has 8 nitrogen and oxygen atoms in total. The number of benzene rings is 2. The van der Waals surface area contributed by atoms with Crippen molar-refractivity contribution in [2.45, 2.75) is 30.7 Å². The van der Waals surface area contributed by atoms with Gasteiger partial charge in [0.2, 0.25) is 5.91 Å². The summed E-state index contributed by atoms with van der Waals surface area (Å²) in [5.74, 6) is 0.132. The van der Waals surface area contributed by atoms with Crippen LogP contribution in [0.3, 0.4) is 0 Å². The van der Waals surface area contributed by atoms with Crippen molar-refractivity contribution in [3.8, 4) is 0 Å². The Labute approximate surface area is 222 Å². The largest absolute Gasteiger partial charge is 0.368 e. The molecule has 0 radical (unpaired) electrons. The lowest BCUT2D eigenvalue weighted by Crippen LogP contribution is -2.55. The summed E-state index contributed by atoms with van der Waals surface area (Å²) in [6, 6.07) is 12.5. The first-order valence-electron chi connectivity index (χ1n) is 11.9. The van der Waals surface area contributed by atoms with E-state index in [0.29, 0.717) is 31.3 Å². The van der Waals surface area contributed by atoms with Crippen LogP contribution < -0.4 is 14.5 Å². The van der Waals surface area contributed by atoms with E-state index >= 15 is 0 Å². The number of fused-ring (bicyclic) bond motifs is 1. The number of sulfonamides is 1. The molecule has 1 fully saturated rings. The number of nitrogens with one attached hydrogen (secondary N) is 1. The molecule has 1 unspecified atom stereocenters. The van der Waals surface area contributed by atoms with Crippen LogP contribution in [0.15, 0.2) is 58.9 Å². The number of carbonyl (C=O) groups excluding carboxylic acids is 1. The average Bonchev–Trinajstić information content (AvgIpc) is 3.40. The summed E-state index contributed by atoms with van der Waals surface area (Å²) >= 11 is 7.41. The van der Waals surface area contributed by atoms with Gasteiger partial charge in [-0.25, -0.2) is 13.4 Å². The number of nitrogens with zero attached hydrogens (tertiary/aromatic N) is 4. The number of hydrogen-bond acceptors (Lipinski definition) is 7. The molecule has 0 bridgehead atoms. The zero-order chi connectivity index (χ0) is 25.3. The van der Waals surface area contributed by atoms with Crippen LogP contribution >= 0.6 is 22.9 Å². The maximum Gasteiger partial charge on any atom is 0.263 e. The topological polar surface area (TPSA) is 85.8 Å². The van der Waals surface area contributed by atoms with E-state index in [0.717, 1.165) is 35.8 Å². The van der Waals surface area contributed by atoms with Crippen LogP contribution in [0.2, 0.25) is 5.02 Å². The molecular weight excluding hydrogens is 518 g/mol. The highest BCUT2D eigenvalue weighted by Gasteiger charge is 2.31. The zero-order valence-corrected chi connectivity index (χ0v) is 22.3. The van der Waals surface area contributed by atoms with Gasteiger partial charge in [0.25, 0.3) is 10.0 Å². The maximum atomic E-state index is 13.4. The van der Waals surface area contributed by atoms with Crippen molar-refractivity contribution in [1.82, 2.24) is 9.88 Å². The molecule has 2 aromatic carbocycles. The number of aromatic nitrogens is 1. The van der Waals surface area contributed by atoms with Gasteiger partial charge in [-0.3, -0.25) is 9.52 Å². The monoisotopic (exact) mass is 547 g/mol. The lowest BCUT2D eigenvalue weighted by atomic mass is 10.00. The van der Waals surface area contributed by atoms with Gasteiger partial charge >= 0.3 is 0 Å². The van der Waals surface area contributed by atoms with Crippen LogP contribution in [0, 0.1) is 0 Å². The number of thiazole rings is 1. The van der Waals surface area contributed by atoms with Crippen molar-refractivity contribution in [3.05, 3.63) is 64.6 Å². The molecule has 192 valence electrons. The van der Waals surface area contributed by atoms with E-state index in [4.69, 9.17) is 11.6 Å². The Kier molecular flexibility index (Phi) is 7.09. The van der Waals surface area contributed by atoms with Crippen molar-refractivity contribution >= 4 is 55.4 Å². The van der Waals surface area contributed by atoms with Gasteiger partial charge in [-0.1, -0.05) is 11.6 Å². The molecule has 11 heteroatoms. The second-order valence-corrected chi connectivity index (χ2v) is 12.0. The van der Waals surface area contributed by atoms with E-state index < -0.39 is 10.0 Å². The number of halogens is 1. The molecule has 36 heavy (non-hydrogen) atoms. The molecular formula is C25H30ClN5O3S2. The highest BCUT2D eigenvalue weighted by atomic mass is 35.5. The predicted molar refractivity (Wildman–Crippen MR) is 147 cm³/mol. The third kappa shape index (κ3) is 5.16. The minimum atomic E-state index is -3.68. The number of amides is 1. The lowest BCUT2D eigenvalue weighted by molar-refractivity contribution is -0.132. The average molecular weight is 548 g/mol. The van der Waals surface area contributed by atoms with Crippen LogP contribution in [0.25, 0.3) is 0 Å². The van der Waals surface area contributed by atoms with Crippen molar-refractivity contribution < 1.29 is 14.6 Å². The number of anilines is 3. The number of rotatable bonds is 6. The summed E-state index contributed by atoms with van der Waals surface area (Å²) in [7, 11) is -3.68. The van der Waals surface area contributed by atoms with E-state index in [1.54, 1.807) is 23.7 Å². The zero-order valence-electron chi connectivity index (χ0n) is 19.9. The predicted octanol–water partition coefficient (Wildman–Crippen LogP) is 4.33. The van der Waals surface area contributed by atoms with Crippen molar-refractivity contribution in [2.24, 2.45) is 0 Å². The first-order valence-corrected chi connectivity index (χ1v) is 14.7. The van der Waals surface area contributed by atoms with E-state index in [9.17, 15) is 13.2 Å². The molecule has 1 aromatic heterocycles. The Morgan fingerprint density at radius 3 is 2.56 bits per heavy atom. The summed E-state index contributed by atoms with van der Waals surface area (Å²) in [4.78, 5) is 23.8. The van der Waals surface area contributed by atoms with E-state index in [2.05, 4.69) is 19.5 Å². The van der Waals surface area contributed by atoms with Gasteiger partial charge in [0.15, 0.2) is 5.13 Å². The summed E-state index contributed by atoms with van der Waals surface area (Å²) in [5, 5.41) is 2.78. The normalized spacial score (nSPS) is 17.0. The molecule has 0 spiro atoms. The summed E-state index contributed by atoms with van der Waals surface area (Å²) < 4.78 is 27.7. The SMILES string of the molecule is CC(C(=O)N1CCN(c2ccc(S(=O)(=O)Nc3nccs3)cc2)CC1)N1CCCc2cc(Cl)ccc21.[HH]. The second-order valence-electron chi connectivity index (χ2n) is 8.99. The second kappa shape index (κ2) is 10.3. The van der Waals surface area contributed by atoms with Crippen LogP contribution in [-0.2, 0) is 21.2 Å². The van der Waals surface area contributed by atoms with Gasteiger partial charge in [-0.2, -0.15) is 0 Å². The summed E-state index contributed by atoms with van der Waals surface area (Å²) in [5.41, 5.74) is 3.24. The summed E-state index contributed by atoms with van der Waals surface area (Å²) in [6.07, 6.45) is 3.54. The number of piperazine rings is 1. The fourth-order valence-corrected chi connectivity index (χ4v) is 6.85. The Hall–Kier alpha value is -2.82. The van der Waals surface area contributed by atoms with Gasteiger partial charge in [-0.05, 0) is 67.8 Å². The van der Waals surface area contributed by atoms with Gasteiger partial charge in [0.05, 0.1) is 4.90 Å². The molecule has 1 saturated heterocycles. The maximum absolute atomic E-state index is 13.4. The Morgan fingerprint density at radius 1 is 1.11 bits per heavy atom. The minimum Gasteiger partial charge on any atom is -0.368 e. The van der Waals surface area contributed by atoms with E-state index in [1.165, 1.54) is 16.9 Å². The Bertz CT molecular complexity index is 1330. The molecule has 0 saturated carbocycles. The number of carbonyl (C=O) groups is 1. The van der Waals surface area contributed by atoms with Gasteiger partial charge in [0.1, 0.15) is 6.04 Å². The van der Waals surface area contributed by atoms with Crippen molar-refractivity contribution in [3.63, 3.8) is 0 Å². The van der Waals surface area contributed by atoms with E-state index in [1.807, 2.05) is 42.2 Å². The van der Waals surface area contributed by atoms with Gasteiger partial charge in [-0.15, -0.1) is 11.3 Å². The third-order valence-corrected chi connectivity index (χ3v) is 9.19. The standard InChI is InChI=1S/C25H28ClN5O3S2.H2/c1-18(31-11-2-3-19-17-20(26)4-9-23(19)31)24(32)30-14-12-29(13-15-30)21-5-7-22(8-6-21)36(33,34)28-25-27-10-16-35-25;/h4-10,16-18H,2-3,11-15H2,1H3,(H,27,28);1H. The highest BCUT2D eigenvalue weighted by Crippen LogP contribution is 2.31. The quantitative estimate of drug-likeness (QED) is 0.494. The Balaban J connectivity index is 0.00000320. The van der Waals surface area contributed by atoms with Gasteiger partial charge in [0, 0.05) is 62.1 Å². The first kappa shape index (κ1) is 24.9. The highest BCUT2D eigenvalue weighted by molar-refractivity contribution is 7.93. The molecule has 2 aliphatic rings. The van der Waals surface area contributed by atoms with Crippen LogP contribution in [0.5, 0.6) is 0 Å². The number of hydrogen-bond donors (Lipinski definition) is 1. The molecule has 1 atom stereocenters. The third-order valence-electron chi connectivity index (χ3n) is 6.78. The van der Waals surface area contributed by atoms with Crippen molar-refractivity contribution in [1.29, 1.82) is 0 Å². The molecule has 5 rings (SSSR count). The Morgan fingerprint density at radius 2 is 1.86 bits per heavy atom. The van der Waals surface area contributed by atoms with Crippen LogP contribution in [0.1, 0.15) is 20.3 Å². The fraction of sp³-hybridized carbons (Fsp3) is 0.360. The van der Waals surface area contributed by atoms with Crippen molar-refractivity contribution in [2.75, 3.05) is 47.2 Å². The summed E-state index contributed by atoms with van der Waals surface area (Å²) in [6.45, 7) is 5.46. The molecule has 3 heterocycles. The first-order chi connectivity index (χ1) is 17.3. The van der Waals surface area contributed by atoms with Crippen LogP contribution in [0.4, 0.5) is 16.5 Å².